The van der Waals surface area contributed by atoms with Gasteiger partial charge in [-0.2, -0.15) is 20.4 Å². The molecule has 1 saturated heterocycles. The lowest BCUT2D eigenvalue weighted by atomic mass is 9.84. The molecule has 0 spiro atoms. The van der Waals surface area contributed by atoms with Gasteiger partial charge in [0.05, 0.1) is 75.5 Å². The zero-order valence-corrected chi connectivity index (χ0v) is 72.6. The van der Waals surface area contributed by atoms with E-state index in [0.29, 0.717) is 92.1 Å². The Kier molecular flexibility index (Phi) is 27.8. The van der Waals surface area contributed by atoms with Crippen molar-refractivity contribution in [3.05, 3.63) is 315 Å². The highest BCUT2D eigenvalue weighted by Crippen LogP contribution is 2.40. The van der Waals surface area contributed by atoms with Gasteiger partial charge < -0.3 is 30.4 Å². The van der Waals surface area contributed by atoms with Gasteiger partial charge in [0.25, 0.3) is 0 Å². The fraction of sp³-hybridized carbons (Fsp3) is 0.301. The van der Waals surface area contributed by atoms with E-state index in [2.05, 4.69) is 74.6 Å². The Hall–Kier alpha value is -12.2. The Balaban J connectivity index is 0.000000126. The summed E-state index contributed by atoms with van der Waals surface area (Å²) in [6.07, 6.45) is 25.6. The first kappa shape index (κ1) is 88.1. The number of carboxylic acids is 5. The minimum atomic E-state index is -1.03. The molecule has 15 aromatic rings. The highest BCUT2D eigenvalue weighted by Gasteiger charge is 2.30. The molecule has 638 valence electrons. The van der Waals surface area contributed by atoms with Crippen molar-refractivity contribution in [3.8, 4) is 0 Å². The quantitative estimate of drug-likeness (QED) is 0.0473. The third kappa shape index (κ3) is 21.3. The predicted molar refractivity (Wildman–Crippen MR) is 477 cm³/mol. The van der Waals surface area contributed by atoms with E-state index in [1.165, 1.54) is 62.4 Å². The predicted octanol–water partition coefficient (Wildman–Crippen LogP) is 20.2. The third-order valence-corrected chi connectivity index (χ3v) is 23.1. The number of halogens is 5. The zero-order valence-electron chi connectivity index (χ0n) is 68.8. The highest BCUT2D eigenvalue weighted by atomic mass is 35.5. The van der Waals surface area contributed by atoms with Crippen molar-refractivity contribution >= 4 is 121 Å². The summed E-state index contributed by atoms with van der Waals surface area (Å²) in [5.41, 5.74) is 18.2. The van der Waals surface area contributed by atoms with Crippen LogP contribution in [0, 0.1) is 5.92 Å². The second-order valence-corrected chi connectivity index (χ2v) is 34.7. The van der Waals surface area contributed by atoms with Crippen molar-refractivity contribution in [3.63, 3.8) is 0 Å². The minimum Gasteiger partial charge on any atom is -0.477 e. The van der Waals surface area contributed by atoms with Crippen LogP contribution in [0.4, 0.5) is 5.82 Å². The van der Waals surface area contributed by atoms with E-state index in [4.69, 9.17) is 88.6 Å². The summed E-state index contributed by atoms with van der Waals surface area (Å²) in [6.45, 7) is 12.5. The first-order chi connectivity index (χ1) is 59.5. The van der Waals surface area contributed by atoms with Gasteiger partial charge in [0.1, 0.15) is 28.5 Å². The fourth-order valence-electron chi connectivity index (χ4n) is 16.3. The molecule has 2 aliphatic carbocycles. The molecule has 26 nitrogen and oxygen atoms in total. The zero-order chi connectivity index (χ0) is 87.6. The third-order valence-electron chi connectivity index (χ3n) is 22.0. The standard InChI is InChI=1S/C20H20ClN3O2.C19H18ClN3O2.C18H17ClN4O2.2C18H18ClN3O2/c21-14-9-10-18-16(11-15-7-4-8-17(22-15)20(25)26)19(23-24(18)12-14)13-5-2-1-3-6-13;20-13-8-9-17-15(10-14-6-3-7-16(21-14)19(24)25)18(22-23(17)11-13)12-4-1-2-5-12;19-12-6-7-16-14(10-13-4-3-5-15(20-13)18(24)25)17(21-23(16)11-12)22-8-1-2-9-22;1-18(2,3)16-13(15-8-7-11(19)10-22(15)21-16)9-12-5-4-6-14(20-12)17(23)24;1-11(2)8-16-14(17-7-6-12(19)10-22(17)21-16)9-13-4-3-5-15(20-13)18(23)24/h4,7-10,12-13H,1-3,5-6,11H2,(H,25,26);3,6-9,11-12H,1-2,4-5,10H2,(H,24,25);3-7,11H,1-2,8-10H2,(H,24,25);4-8,10H,9H2,1-3H3,(H,23,24);3-7,10-11H,8-9H2,1-2H3,(H,23,24). The number of rotatable bonds is 20. The van der Waals surface area contributed by atoms with Gasteiger partial charge in [0.2, 0.25) is 0 Å². The highest BCUT2D eigenvalue weighted by molar-refractivity contribution is 6.31. The van der Waals surface area contributed by atoms with Crippen molar-refractivity contribution in [1.82, 2.24) is 73.0 Å². The van der Waals surface area contributed by atoms with E-state index >= 15 is 0 Å². The first-order valence-corrected chi connectivity index (χ1v) is 43.0. The van der Waals surface area contributed by atoms with E-state index in [1.807, 2.05) is 112 Å². The monoisotopic (exact) mass is 1770 g/mol. The molecular weight excluding hydrogens is 1680 g/mol. The molecule has 15 aromatic heterocycles. The summed E-state index contributed by atoms with van der Waals surface area (Å²) in [7, 11) is 0. The Morgan fingerprint density at radius 3 is 0.992 bits per heavy atom. The van der Waals surface area contributed by atoms with Crippen LogP contribution in [0.25, 0.3) is 27.6 Å². The Morgan fingerprint density at radius 1 is 0.355 bits per heavy atom. The molecular formula is C93H91Cl5N16O10. The molecule has 31 heteroatoms. The van der Waals surface area contributed by atoms with Gasteiger partial charge in [-0.25, -0.2) is 71.5 Å². The van der Waals surface area contributed by atoms with Crippen LogP contribution >= 0.6 is 58.0 Å². The molecule has 3 fully saturated rings. The number of nitrogens with zero attached hydrogens (tertiary/aromatic N) is 16. The number of carbonyl (C=O) groups is 5. The fourth-order valence-corrected chi connectivity index (χ4v) is 17.1. The molecule has 16 heterocycles. The summed E-state index contributed by atoms with van der Waals surface area (Å²) in [5.74, 6) is -2.80. The van der Waals surface area contributed by atoms with Crippen LogP contribution in [0.15, 0.2) is 183 Å². The molecule has 3 aliphatic rings. The number of anilines is 1. The van der Waals surface area contributed by atoms with Crippen LogP contribution in [0.5, 0.6) is 0 Å². The SMILES string of the molecule is CC(C)(C)c1nn2cc(Cl)ccc2c1Cc1cccc(C(=O)O)n1.CC(C)Cc1nn2cc(Cl)ccc2c1Cc1cccc(C(=O)O)n1.O=C(O)c1cccc(Cc2c(C3CCCC3)nn3cc(Cl)ccc23)n1.O=C(O)c1cccc(Cc2c(C3CCCCC3)nn3cc(Cl)ccc23)n1.O=C(O)c1cccc(Cc2c(N3CCCC3)nn3cc(Cl)ccc23)n1. The average molecular weight is 1770 g/mol. The second-order valence-electron chi connectivity index (χ2n) is 32.5. The largest absolute Gasteiger partial charge is 0.477 e. The maximum Gasteiger partial charge on any atom is 0.354 e. The molecule has 0 amide bonds. The lowest BCUT2D eigenvalue weighted by Gasteiger charge is -2.20. The van der Waals surface area contributed by atoms with Gasteiger partial charge in [-0.3, -0.25) is 0 Å². The topological polar surface area (TPSA) is 341 Å². The lowest BCUT2D eigenvalue weighted by molar-refractivity contribution is 0.0679. The molecule has 18 rings (SSSR count). The normalized spacial score (nSPS) is 13.7. The molecule has 1 aliphatic heterocycles. The summed E-state index contributed by atoms with van der Waals surface area (Å²) in [6, 6.07) is 44.4. The summed E-state index contributed by atoms with van der Waals surface area (Å²) >= 11 is 30.5. The van der Waals surface area contributed by atoms with Crippen molar-refractivity contribution < 1.29 is 49.5 Å². The first-order valence-electron chi connectivity index (χ1n) is 41.1. The number of aromatic carboxylic acids is 5. The number of hydrogen-bond acceptors (Lipinski definition) is 16. The summed E-state index contributed by atoms with van der Waals surface area (Å²) < 4.78 is 9.05. The van der Waals surface area contributed by atoms with Gasteiger partial charge >= 0.3 is 29.8 Å². The van der Waals surface area contributed by atoms with Crippen molar-refractivity contribution in [2.75, 3.05) is 18.0 Å². The number of fused-ring (bicyclic) bond motifs is 5. The molecule has 2 saturated carbocycles. The van der Waals surface area contributed by atoms with E-state index in [9.17, 15) is 34.2 Å². The van der Waals surface area contributed by atoms with Gasteiger partial charge in [-0.15, -0.1) is 5.10 Å². The summed E-state index contributed by atoms with van der Waals surface area (Å²) in [5, 5.41) is 72.6. The number of pyridine rings is 10. The van der Waals surface area contributed by atoms with Gasteiger partial charge in [0, 0.05) is 150 Å². The molecule has 0 atom stereocenters. The van der Waals surface area contributed by atoms with Crippen molar-refractivity contribution in [2.45, 2.75) is 161 Å². The Bertz CT molecular complexity index is 6320. The molecule has 124 heavy (non-hydrogen) atoms. The van der Waals surface area contributed by atoms with E-state index < -0.39 is 29.8 Å². The lowest BCUT2D eigenvalue weighted by Crippen LogP contribution is -2.19. The van der Waals surface area contributed by atoms with Gasteiger partial charge in [-0.05, 0) is 172 Å². The minimum absolute atomic E-state index is 0.0457. The van der Waals surface area contributed by atoms with Crippen molar-refractivity contribution in [2.24, 2.45) is 5.92 Å². The van der Waals surface area contributed by atoms with E-state index in [-0.39, 0.29) is 33.9 Å². The molecule has 0 bridgehead atoms. The van der Waals surface area contributed by atoms with Crippen LogP contribution in [-0.2, 0) is 43.9 Å². The number of aromatic nitrogens is 15. The van der Waals surface area contributed by atoms with Crippen LogP contribution in [-0.4, -0.2) is 141 Å². The smallest absolute Gasteiger partial charge is 0.354 e. The molecule has 0 aromatic carbocycles. The van der Waals surface area contributed by atoms with Gasteiger partial charge in [-0.1, -0.05) is 155 Å². The second kappa shape index (κ2) is 39.1. The average Bonchev–Trinajstić information content (AvgIpc) is 1.65. The summed E-state index contributed by atoms with van der Waals surface area (Å²) in [4.78, 5) is 79.4. The van der Waals surface area contributed by atoms with Crippen LogP contribution in [0.2, 0.25) is 25.1 Å². The van der Waals surface area contributed by atoms with Crippen LogP contribution < -0.4 is 4.90 Å². The molecule has 0 radical (unpaired) electrons. The Morgan fingerprint density at radius 2 is 0.645 bits per heavy atom. The molecule has 0 unspecified atom stereocenters. The maximum atomic E-state index is 11.2. The Labute approximate surface area is 739 Å². The van der Waals surface area contributed by atoms with E-state index in [1.54, 1.807) is 62.5 Å². The van der Waals surface area contributed by atoms with E-state index in [0.717, 1.165) is 153 Å². The maximum absolute atomic E-state index is 11.2. The number of carboxylic acid groups (broad SMARTS) is 5. The van der Waals surface area contributed by atoms with Crippen LogP contribution in [0.3, 0.4) is 0 Å². The van der Waals surface area contributed by atoms with Crippen molar-refractivity contribution in [1.29, 1.82) is 0 Å². The number of hydrogen-bond donors (Lipinski definition) is 5. The van der Waals surface area contributed by atoms with Crippen LogP contribution in [0.1, 0.15) is 249 Å². The molecule has 5 N–H and O–H groups in total. The van der Waals surface area contributed by atoms with Gasteiger partial charge in [0.15, 0.2) is 5.82 Å².